The van der Waals surface area contributed by atoms with E-state index in [9.17, 15) is 4.79 Å². The van der Waals surface area contributed by atoms with E-state index in [4.69, 9.17) is 9.47 Å². The Morgan fingerprint density at radius 2 is 1.94 bits per heavy atom. The van der Waals surface area contributed by atoms with Crippen molar-refractivity contribution in [1.29, 1.82) is 0 Å². The second-order valence-electron chi connectivity index (χ2n) is 7.75. The van der Waals surface area contributed by atoms with E-state index < -0.39 is 0 Å². The molecule has 3 aromatic carbocycles. The minimum absolute atomic E-state index is 0.0722. The van der Waals surface area contributed by atoms with Crippen LogP contribution in [0, 0.1) is 3.57 Å². The van der Waals surface area contributed by atoms with Crippen LogP contribution in [0.3, 0.4) is 0 Å². The van der Waals surface area contributed by atoms with Crippen LogP contribution in [0.2, 0.25) is 0 Å². The van der Waals surface area contributed by atoms with Gasteiger partial charge in [0.15, 0.2) is 16.5 Å². The molecule has 2 aromatic heterocycles. The highest BCUT2D eigenvalue weighted by Crippen LogP contribution is 2.34. The molecule has 0 aliphatic carbocycles. The molecule has 5 aromatic rings. The number of benzene rings is 3. The minimum Gasteiger partial charge on any atom is -0.493 e. The van der Waals surface area contributed by atoms with Gasteiger partial charge in [-0.15, -0.1) is 6.58 Å². The van der Waals surface area contributed by atoms with Crippen LogP contribution in [0.4, 0.5) is 0 Å². The molecule has 5 rings (SSSR count). The van der Waals surface area contributed by atoms with Crippen molar-refractivity contribution in [2.24, 2.45) is 0 Å². The van der Waals surface area contributed by atoms with Crippen LogP contribution >= 0.6 is 33.9 Å². The molecule has 0 spiro atoms. The second kappa shape index (κ2) is 9.60. The van der Waals surface area contributed by atoms with Crippen molar-refractivity contribution in [3.05, 3.63) is 108 Å². The van der Waals surface area contributed by atoms with Crippen molar-refractivity contribution >= 4 is 56.0 Å². The van der Waals surface area contributed by atoms with Gasteiger partial charge in [-0.25, -0.2) is 9.38 Å². The Kier molecular flexibility index (Phi) is 6.38. The number of methoxy groups -OCH3 is 1. The molecule has 7 heteroatoms. The number of aromatic nitrogens is 2. The van der Waals surface area contributed by atoms with Gasteiger partial charge in [-0.3, -0.25) is 4.79 Å². The Bertz CT molecular complexity index is 1620. The van der Waals surface area contributed by atoms with Gasteiger partial charge in [-0.05, 0) is 82.6 Å². The summed E-state index contributed by atoms with van der Waals surface area (Å²) in [6, 6.07) is 19.8. The van der Waals surface area contributed by atoms with E-state index in [0.29, 0.717) is 34.0 Å². The first kappa shape index (κ1) is 22.6. The van der Waals surface area contributed by atoms with E-state index in [1.54, 1.807) is 11.5 Å². The lowest BCUT2D eigenvalue weighted by molar-refractivity contribution is 0.282. The third kappa shape index (κ3) is 4.33. The van der Waals surface area contributed by atoms with Gasteiger partial charge in [0.25, 0.3) is 5.56 Å². The number of rotatable bonds is 7. The molecule has 170 valence electrons. The van der Waals surface area contributed by atoms with Crippen molar-refractivity contribution < 1.29 is 9.47 Å². The van der Waals surface area contributed by atoms with E-state index in [1.165, 1.54) is 14.9 Å². The average Bonchev–Trinajstić information content (AvgIpc) is 3.35. The summed E-state index contributed by atoms with van der Waals surface area (Å²) in [5.41, 5.74) is 4.46. The molecule has 0 N–H and O–H groups in total. The zero-order chi connectivity index (χ0) is 23.7. The number of para-hydroxylation sites is 2. The van der Waals surface area contributed by atoms with Crippen molar-refractivity contribution in [3.8, 4) is 11.5 Å². The van der Waals surface area contributed by atoms with Gasteiger partial charge < -0.3 is 9.47 Å². The summed E-state index contributed by atoms with van der Waals surface area (Å²) >= 11 is 3.67. The topological polar surface area (TPSA) is 52.8 Å². The fraction of sp³-hybridized carbons (Fsp3) is 0.111. The third-order valence-electron chi connectivity index (χ3n) is 5.48. The number of allylic oxidation sites excluding steroid dienone is 1. The lowest BCUT2D eigenvalue weighted by Gasteiger charge is -2.16. The van der Waals surface area contributed by atoms with Gasteiger partial charge in [0.1, 0.15) is 6.61 Å². The Balaban J connectivity index is 1.55. The molecule has 2 heterocycles. The summed E-state index contributed by atoms with van der Waals surface area (Å²) < 4.78 is 15.3. The Labute approximate surface area is 214 Å². The van der Waals surface area contributed by atoms with Crippen molar-refractivity contribution in [3.63, 3.8) is 0 Å². The van der Waals surface area contributed by atoms with Crippen LogP contribution in [0.1, 0.15) is 16.7 Å². The van der Waals surface area contributed by atoms with Crippen LogP contribution in [-0.2, 0) is 13.0 Å². The van der Waals surface area contributed by atoms with Crippen LogP contribution in [0.5, 0.6) is 11.5 Å². The molecular formula is C27H21IN2O3S. The molecule has 0 aliphatic rings. The first-order valence-electron chi connectivity index (χ1n) is 10.7. The van der Waals surface area contributed by atoms with Crippen molar-refractivity contribution in [2.75, 3.05) is 7.11 Å². The van der Waals surface area contributed by atoms with Crippen LogP contribution in [0.25, 0.3) is 22.1 Å². The molecule has 34 heavy (non-hydrogen) atoms. The Morgan fingerprint density at radius 3 is 2.71 bits per heavy atom. The number of imidazole rings is 1. The first-order valence-corrected chi connectivity index (χ1v) is 12.6. The van der Waals surface area contributed by atoms with E-state index in [-0.39, 0.29) is 5.56 Å². The SMILES string of the molecule is C=CCc1cc(/C=c2\sc3nc4ccccc4n3c2=O)cc(OC)c1OCc1ccc(I)cc1. The maximum absolute atomic E-state index is 13.2. The lowest BCUT2D eigenvalue weighted by atomic mass is 10.1. The quantitative estimate of drug-likeness (QED) is 0.192. The zero-order valence-electron chi connectivity index (χ0n) is 18.5. The predicted octanol–water partition coefficient (Wildman–Crippen LogP) is 5.38. The van der Waals surface area contributed by atoms with Crippen LogP contribution in [-0.4, -0.2) is 16.5 Å². The third-order valence-corrected chi connectivity index (χ3v) is 7.17. The molecule has 0 radical (unpaired) electrons. The van der Waals surface area contributed by atoms with Gasteiger partial charge in [-0.2, -0.15) is 0 Å². The van der Waals surface area contributed by atoms with Gasteiger partial charge in [0.05, 0.1) is 22.7 Å². The summed E-state index contributed by atoms with van der Waals surface area (Å²) in [4.78, 5) is 18.4. The molecule has 0 aliphatic heterocycles. The number of thiazole rings is 1. The number of fused-ring (bicyclic) bond motifs is 3. The van der Waals surface area contributed by atoms with Gasteiger partial charge >= 0.3 is 0 Å². The highest BCUT2D eigenvalue weighted by Gasteiger charge is 2.14. The average molecular weight is 580 g/mol. The summed E-state index contributed by atoms with van der Waals surface area (Å²) in [6.07, 6.45) is 4.33. The molecule has 0 saturated carbocycles. The summed E-state index contributed by atoms with van der Waals surface area (Å²) in [7, 11) is 1.62. The number of halogens is 1. The van der Waals surface area contributed by atoms with Gasteiger partial charge in [-0.1, -0.05) is 41.7 Å². The molecule has 0 amide bonds. The van der Waals surface area contributed by atoms with E-state index in [1.807, 2.05) is 48.6 Å². The number of ether oxygens (including phenoxy) is 2. The summed E-state index contributed by atoms with van der Waals surface area (Å²) in [5.74, 6) is 1.31. The number of hydrogen-bond donors (Lipinski definition) is 0. The monoisotopic (exact) mass is 580 g/mol. The molecule has 0 saturated heterocycles. The fourth-order valence-electron chi connectivity index (χ4n) is 3.89. The smallest absolute Gasteiger partial charge is 0.274 e. The molecule has 0 bridgehead atoms. The highest BCUT2D eigenvalue weighted by molar-refractivity contribution is 14.1. The van der Waals surface area contributed by atoms with Gasteiger partial charge in [0, 0.05) is 9.13 Å². The molecule has 5 nitrogen and oxygen atoms in total. The number of hydrogen-bond acceptors (Lipinski definition) is 5. The number of nitrogens with zero attached hydrogens (tertiary/aromatic N) is 2. The Morgan fingerprint density at radius 1 is 1.15 bits per heavy atom. The summed E-state index contributed by atoms with van der Waals surface area (Å²) in [5, 5.41) is 0. The second-order valence-corrected chi connectivity index (χ2v) is 10.0. The van der Waals surface area contributed by atoms with Gasteiger partial charge in [0.2, 0.25) is 0 Å². The predicted molar refractivity (Wildman–Crippen MR) is 146 cm³/mol. The normalized spacial score (nSPS) is 11.9. The molecular weight excluding hydrogens is 559 g/mol. The van der Waals surface area contributed by atoms with Crippen molar-refractivity contribution in [1.82, 2.24) is 9.38 Å². The standard InChI is InChI=1S/C27H21IN2O3S/c1-3-6-19-13-18(14-23(32-2)25(19)33-16-17-9-11-20(28)12-10-17)15-24-26(31)30-22-8-5-4-7-21(22)29-27(30)34-24/h3-5,7-15H,1,6,16H2,2H3/b24-15-. The molecule has 0 atom stereocenters. The Hall–Kier alpha value is -3.17. The van der Waals surface area contributed by atoms with E-state index in [0.717, 1.165) is 27.7 Å². The molecule has 0 fully saturated rings. The highest BCUT2D eigenvalue weighted by atomic mass is 127. The van der Waals surface area contributed by atoms with E-state index >= 15 is 0 Å². The maximum atomic E-state index is 13.2. The minimum atomic E-state index is -0.0722. The van der Waals surface area contributed by atoms with Crippen LogP contribution < -0.4 is 19.6 Å². The maximum Gasteiger partial charge on any atom is 0.274 e. The lowest BCUT2D eigenvalue weighted by Crippen LogP contribution is -2.22. The molecule has 0 unspecified atom stereocenters. The van der Waals surface area contributed by atoms with E-state index in [2.05, 4.69) is 58.4 Å². The zero-order valence-corrected chi connectivity index (χ0v) is 21.4. The fourth-order valence-corrected chi connectivity index (χ4v) is 5.24. The summed E-state index contributed by atoms with van der Waals surface area (Å²) in [6.45, 7) is 4.32. The van der Waals surface area contributed by atoms with Crippen molar-refractivity contribution in [2.45, 2.75) is 13.0 Å². The largest absolute Gasteiger partial charge is 0.493 e. The first-order chi connectivity index (χ1) is 16.6. The van der Waals surface area contributed by atoms with Crippen LogP contribution in [0.15, 0.2) is 78.1 Å².